The molecule has 0 aromatic carbocycles. The van der Waals surface area contributed by atoms with E-state index in [0.29, 0.717) is 19.4 Å². The van der Waals surface area contributed by atoms with E-state index in [0.717, 1.165) is 0 Å². The van der Waals surface area contributed by atoms with Crippen molar-refractivity contribution in [3.63, 3.8) is 0 Å². The van der Waals surface area contributed by atoms with Gasteiger partial charge in [0.25, 0.3) is 0 Å². The zero-order chi connectivity index (χ0) is 12.6. The molecule has 92 valence electrons. The quantitative estimate of drug-likeness (QED) is 0.562. The molecular weight excluding hydrogens is 210 g/mol. The number of hydrogen-bond donors (Lipinski definition) is 1. The molecule has 1 heterocycles. The molecule has 1 fully saturated rings. The minimum absolute atomic E-state index is 0.312. The lowest BCUT2D eigenvalue weighted by molar-refractivity contribution is -0.171. The van der Waals surface area contributed by atoms with Gasteiger partial charge in [-0.1, -0.05) is 0 Å². The molecule has 1 rings (SSSR count). The third-order valence-corrected chi connectivity index (χ3v) is 3.07. The van der Waals surface area contributed by atoms with E-state index in [4.69, 9.17) is 0 Å². The highest BCUT2D eigenvalue weighted by molar-refractivity contribution is 6.04. The van der Waals surface area contributed by atoms with Crippen molar-refractivity contribution >= 4 is 11.9 Å². The van der Waals surface area contributed by atoms with Crippen LogP contribution >= 0.6 is 0 Å². The molecule has 0 saturated carbocycles. The Morgan fingerprint density at radius 1 is 1.38 bits per heavy atom. The predicted octanol–water partition coefficient (Wildman–Crippen LogP) is 0.877. The lowest BCUT2D eigenvalue weighted by Crippen LogP contribution is -2.62. The van der Waals surface area contributed by atoms with Crippen LogP contribution in [0.4, 0.5) is 0 Å². The van der Waals surface area contributed by atoms with E-state index in [-0.39, 0.29) is 5.54 Å². The van der Waals surface area contributed by atoms with Crippen LogP contribution in [-0.4, -0.2) is 46.7 Å². The highest BCUT2D eigenvalue weighted by Gasteiger charge is 2.58. The molecule has 0 unspecified atom stereocenters. The fourth-order valence-electron chi connectivity index (χ4n) is 2.42. The Kier molecular flexibility index (Phi) is 3.28. The summed E-state index contributed by atoms with van der Waals surface area (Å²) in [6.07, 6.45) is 1.00. The monoisotopic (exact) mass is 229 g/mol. The smallest absolute Gasteiger partial charge is 0.338 e. The molecule has 0 aliphatic carbocycles. The fraction of sp³-hybridized carbons (Fsp3) is 0.818. The van der Waals surface area contributed by atoms with E-state index in [1.54, 1.807) is 4.90 Å². The summed E-state index contributed by atoms with van der Waals surface area (Å²) >= 11 is 0. The summed E-state index contributed by atoms with van der Waals surface area (Å²) in [4.78, 5) is 24.9. The van der Waals surface area contributed by atoms with Gasteiger partial charge in [-0.25, -0.2) is 9.59 Å². The molecule has 1 aliphatic rings. The molecule has 1 saturated heterocycles. The molecule has 5 nitrogen and oxygen atoms in total. The van der Waals surface area contributed by atoms with Gasteiger partial charge in [-0.2, -0.15) is 0 Å². The number of likely N-dealkylation sites (tertiary alicyclic amines) is 1. The normalized spacial score (nSPS) is 26.8. The molecule has 0 radical (unpaired) electrons. The summed E-state index contributed by atoms with van der Waals surface area (Å²) in [5.74, 6) is -1.79. The second-order valence-corrected chi connectivity index (χ2v) is 5.08. The number of carboxylic acids is 1. The van der Waals surface area contributed by atoms with E-state index in [1.165, 1.54) is 7.11 Å². The van der Waals surface area contributed by atoms with Crippen molar-refractivity contribution < 1.29 is 19.4 Å². The third-order valence-electron chi connectivity index (χ3n) is 3.07. The maximum absolute atomic E-state index is 11.8. The number of esters is 1. The number of methoxy groups -OCH3 is 1. The van der Waals surface area contributed by atoms with Gasteiger partial charge in [0, 0.05) is 12.1 Å². The molecule has 0 aromatic heterocycles. The Morgan fingerprint density at radius 3 is 2.31 bits per heavy atom. The second-order valence-electron chi connectivity index (χ2n) is 5.08. The van der Waals surface area contributed by atoms with Gasteiger partial charge in [-0.05, 0) is 33.6 Å². The Labute approximate surface area is 95.4 Å². The van der Waals surface area contributed by atoms with Gasteiger partial charge in [0.15, 0.2) is 0 Å². The van der Waals surface area contributed by atoms with E-state index in [9.17, 15) is 14.7 Å². The molecule has 1 aliphatic heterocycles. The molecule has 0 amide bonds. The van der Waals surface area contributed by atoms with Gasteiger partial charge in [0.05, 0.1) is 7.11 Å². The highest BCUT2D eigenvalue weighted by Crippen LogP contribution is 2.36. The van der Waals surface area contributed by atoms with E-state index >= 15 is 0 Å². The molecule has 0 aromatic rings. The van der Waals surface area contributed by atoms with Crippen molar-refractivity contribution in [3.05, 3.63) is 0 Å². The molecule has 1 atom stereocenters. The largest absolute Gasteiger partial charge is 0.479 e. The average Bonchev–Trinajstić information content (AvgIpc) is 2.60. The van der Waals surface area contributed by atoms with Crippen molar-refractivity contribution in [1.82, 2.24) is 4.90 Å². The molecule has 0 spiro atoms. The van der Waals surface area contributed by atoms with Gasteiger partial charge >= 0.3 is 11.9 Å². The van der Waals surface area contributed by atoms with Crippen molar-refractivity contribution in [3.8, 4) is 0 Å². The van der Waals surface area contributed by atoms with Crippen LogP contribution in [-0.2, 0) is 14.3 Å². The number of hydrogen-bond acceptors (Lipinski definition) is 4. The summed E-state index contributed by atoms with van der Waals surface area (Å²) in [6, 6.07) is 0. The molecule has 0 bridgehead atoms. The van der Waals surface area contributed by atoms with Crippen LogP contribution in [0, 0.1) is 0 Å². The molecular formula is C11H19NO4. The summed E-state index contributed by atoms with van der Waals surface area (Å²) in [5, 5.41) is 9.36. The van der Waals surface area contributed by atoms with E-state index in [1.807, 2.05) is 20.8 Å². The maximum Gasteiger partial charge on any atom is 0.338 e. The lowest BCUT2D eigenvalue weighted by atomic mass is 9.92. The number of nitrogens with zero attached hydrogens (tertiary/aromatic N) is 1. The van der Waals surface area contributed by atoms with Crippen LogP contribution in [0.2, 0.25) is 0 Å². The number of carbonyl (C=O) groups is 2. The van der Waals surface area contributed by atoms with Crippen LogP contribution < -0.4 is 0 Å². The van der Waals surface area contributed by atoms with Gasteiger partial charge in [-0.3, -0.25) is 4.90 Å². The SMILES string of the molecule is COC(=O)[C@@]1(C(=O)O)CCCN1C(C)(C)C. The van der Waals surface area contributed by atoms with Crippen LogP contribution in [0.3, 0.4) is 0 Å². The lowest BCUT2D eigenvalue weighted by Gasteiger charge is -2.41. The van der Waals surface area contributed by atoms with Crippen LogP contribution in [0.5, 0.6) is 0 Å². The molecule has 1 N–H and O–H groups in total. The van der Waals surface area contributed by atoms with Gasteiger partial charge < -0.3 is 9.84 Å². The number of ether oxygens (including phenoxy) is 1. The Bertz CT molecular complexity index is 308. The summed E-state index contributed by atoms with van der Waals surface area (Å²) in [6.45, 7) is 6.31. The second kappa shape index (κ2) is 4.05. The minimum Gasteiger partial charge on any atom is -0.479 e. The van der Waals surface area contributed by atoms with E-state index in [2.05, 4.69) is 4.74 Å². The number of carboxylic acid groups (broad SMARTS) is 1. The van der Waals surface area contributed by atoms with Gasteiger partial charge in [0.1, 0.15) is 0 Å². The van der Waals surface area contributed by atoms with Crippen molar-refractivity contribution in [2.24, 2.45) is 0 Å². The van der Waals surface area contributed by atoms with Crippen molar-refractivity contribution in [1.29, 1.82) is 0 Å². The standard InChI is InChI=1S/C11H19NO4/c1-10(2,3)12-7-5-6-11(12,8(13)14)9(15)16-4/h5-7H2,1-4H3,(H,13,14)/t11-/m0/s1. The first-order chi connectivity index (χ1) is 7.26. The first kappa shape index (κ1) is 13.0. The third kappa shape index (κ3) is 1.80. The Balaban J connectivity index is 3.19. The van der Waals surface area contributed by atoms with Gasteiger partial charge in [0.2, 0.25) is 5.54 Å². The topological polar surface area (TPSA) is 66.8 Å². The molecule has 5 heteroatoms. The highest BCUT2D eigenvalue weighted by atomic mass is 16.5. The van der Waals surface area contributed by atoms with Gasteiger partial charge in [-0.15, -0.1) is 0 Å². The summed E-state index contributed by atoms with van der Waals surface area (Å²) in [7, 11) is 1.23. The zero-order valence-electron chi connectivity index (χ0n) is 10.2. The van der Waals surface area contributed by atoms with E-state index < -0.39 is 17.5 Å². The fourth-order valence-corrected chi connectivity index (χ4v) is 2.42. The molecule has 16 heavy (non-hydrogen) atoms. The summed E-state index contributed by atoms with van der Waals surface area (Å²) < 4.78 is 4.66. The van der Waals surface area contributed by atoms with Crippen LogP contribution in [0.25, 0.3) is 0 Å². The Hall–Kier alpha value is -1.10. The predicted molar refractivity (Wildman–Crippen MR) is 58.1 cm³/mol. The number of carbonyl (C=O) groups excluding carboxylic acids is 1. The van der Waals surface area contributed by atoms with Crippen molar-refractivity contribution in [2.45, 2.75) is 44.7 Å². The zero-order valence-corrected chi connectivity index (χ0v) is 10.2. The average molecular weight is 229 g/mol. The first-order valence-electron chi connectivity index (χ1n) is 5.36. The number of aliphatic carboxylic acids is 1. The van der Waals surface area contributed by atoms with Crippen LogP contribution in [0.1, 0.15) is 33.6 Å². The van der Waals surface area contributed by atoms with Crippen molar-refractivity contribution in [2.75, 3.05) is 13.7 Å². The minimum atomic E-state index is -1.51. The number of rotatable bonds is 2. The summed E-state index contributed by atoms with van der Waals surface area (Å²) in [5.41, 5.74) is -1.88. The first-order valence-corrected chi connectivity index (χ1v) is 5.36. The Morgan fingerprint density at radius 2 is 1.94 bits per heavy atom. The van der Waals surface area contributed by atoms with Crippen LogP contribution in [0.15, 0.2) is 0 Å². The maximum atomic E-state index is 11.8.